The summed E-state index contributed by atoms with van der Waals surface area (Å²) in [6.07, 6.45) is 1.99. The Morgan fingerprint density at radius 2 is 1.78 bits per heavy atom. The number of aryl methyl sites for hydroxylation is 2. The molecule has 23 heavy (non-hydrogen) atoms. The minimum atomic E-state index is 0.712. The highest BCUT2D eigenvalue weighted by Gasteiger charge is 2.14. The quantitative estimate of drug-likeness (QED) is 0.599. The smallest absolute Gasteiger partial charge is 0.228 e. The van der Waals surface area contributed by atoms with Gasteiger partial charge in [0, 0.05) is 26.3 Å². The van der Waals surface area contributed by atoms with Crippen LogP contribution in [0.1, 0.15) is 5.56 Å². The van der Waals surface area contributed by atoms with Crippen LogP contribution in [-0.2, 0) is 11.8 Å². The third-order valence-electron chi connectivity index (χ3n) is 3.80. The molecule has 3 rings (SSSR count). The molecule has 0 saturated carbocycles. The van der Waals surface area contributed by atoms with Gasteiger partial charge in [0.15, 0.2) is 0 Å². The van der Waals surface area contributed by atoms with Crippen molar-refractivity contribution < 1.29 is 4.74 Å². The van der Waals surface area contributed by atoms with Crippen LogP contribution in [0, 0.1) is 6.92 Å². The van der Waals surface area contributed by atoms with Gasteiger partial charge in [-0.1, -0.05) is 23.8 Å². The van der Waals surface area contributed by atoms with Crippen LogP contribution in [0.4, 0.5) is 5.69 Å². The molecule has 0 amide bonds. The number of benzene rings is 1. The standard InChI is InChI=1S/C18H22N4O/c1-15-6-8-16(9-7-15)19-18(22-11-13-23-14-12-22)20-17-5-3-4-10-21(17)2/h3-10H,11-14H2,1-2H3. The molecule has 0 N–H and O–H groups in total. The molecule has 5 heteroatoms. The van der Waals surface area contributed by atoms with E-state index in [-0.39, 0.29) is 0 Å². The lowest BCUT2D eigenvalue weighted by atomic mass is 10.2. The second-order valence-electron chi connectivity index (χ2n) is 5.63. The van der Waals surface area contributed by atoms with Gasteiger partial charge in [-0.2, -0.15) is 4.99 Å². The Morgan fingerprint density at radius 3 is 2.48 bits per heavy atom. The van der Waals surface area contributed by atoms with Crippen LogP contribution in [0.3, 0.4) is 0 Å². The lowest BCUT2D eigenvalue weighted by Crippen LogP contribution is -2.41. The first-order valence-corrected chi connectivity index (χ1v) is 7.87. The molecule has 0 bridgehead atoms. The van der Waals surface area contributed by atoms with Crippen molar-refractivity contribution in [3.05, 3.63) is 59.7 Å². The van der Waals surface area contributed by atoms with Crippen molar-refractivity contribution in [3.63, 3.8) is 0 Å². The maximum atomic E-state index is 5.45. The van der Waals surface area contributed by atoms with Crippen molar-refractivity contribution in [2.24, 2.45) is 17.0 Å². The number of hydrogen-bond acceptors (Lipinski definition) is 2. The van der Waals surface area contributed by atoms with Crippen molar-refractivity contribution >= 4 is 11.6 Å². The van der Waals surface area contributed by atoms with Gasteiger partial charge in [-0.25, -0.2) is 4.99 Å². The minimum Gasteiger partial charge on any atom is -0.378 e. The highest BCUT2D eigenvalue weighted by atomic mass is 16.5. The van der Waals surface area contributed by atoms with Crippen LogP contribution >= 0.6 is 0 Å². The first kappa shape index (κ1) is 15.5. The summed E-state index contributed by atoms with van der Waals surface area (Å²) in [5.74, 6) is 0.735. The fourth-order valence-corrected chi connectivity index (χ4v) is 2.40. The molecule has 0 atom stereocenters. The number of nitrogens with zero attached hydrogens (tertiary/aromatic N) is 4. The van der Waals surface area contributed by atoms with Crippen molar-refractivity contribution in [1.29, 1.82) is 0 Å². The van der Waals surface area contributed by atoms with Crippen molar-refractivity contribution in [2.45, 2.75) is 6.92 Å². The molecule has 1 aromatic heterocycles. The number of morpholine rings is 1. The maximum absolute atomic E-state index is 5.45. The summed E-state index contributed by atoms with van der Waals surface area (Å²) in [7, 11) is 1.99. The molecular formula is C18H22N4O. The summed E-state index contributed by atoms with van der Waals surface area (Å²) in [5.41, 5.74) is 3.02. The Balaban J connectivity index is 2.01. The lowest BCUT2D eigenvalue weighted by Gasteiger charge is -2.27. The van der Waals surface area contributed by atoms with Crippen LogP contribution in [0.5, 0.6) is 0 Å². The van der Waals surface area contributed by atoms with E-state index in [0.717, 1.165) is 30.2 Å². The molecular weight excluding hydrogens is 288 g/mol. The molecule has 1 aromatic carbocycles. The van der Waals surface area contributed by atoms with Gasteiger partial charge in [-0.05, 0) is 31.2 Å². The van der Waals surface area contributed by atoms with E-state index in [9.17, 15) is 0 Å². The molecule has 2 heterocycles. The Kier molecular flexibility index (Phi) is 4.88. The van der Waals surface area contributed by atoms with E-state index in [1.54, 1.807) is 0 Å². The van der Waals surface area contributed by atoms with Gasteiger partial charge >= 0.3 is 0 Å². The van der Waals surface area contributed by atoms with Gasteiger partial charge in [-0.15, -0.1) is 0 Å². The number of hydrogen-bond donors (Lipinski definition) is 0. The predicted octanol–water partition coefficient (Wildman–Crippen LogP) is 2.25. The van der Waals surface area contributed by atoms with E-state index < -0.39 is 0 Å². The highest BCUT2D eigenvalue weighted by Crippen LogP contribution is 2.14. The molecule has 0 unspecified atom stereocenters. The zero-order chi connectivity index (χ0) is 16.1. The number of rotatable bonds is 1. The number of guanidine groups is 1. The van der Waals surface area contributed by atoms with E-state index in [2.05, 4.69) is 24.0 Å². The predicted molar refractivity (Wildman–Crippen MR) is 91.6 cm³/mol. The Bertz CT molecular complexity index is 740. The zero-order valence-corrected chi connectivity index (χ0v) is 13.6. The second-order valence-corrected chi connectivity index (χ2v) is 5.63. The molecule has 0 radical (unpaired) electrons. The summed E-state index contributed by atoms with van der Waals surface area (Å²) < 4.78 is 7.44. The molecule has 1 fully saturated rings. The number of pyridine rings is 1. The van der Waals surface area contributed by atoms with Crippen molar-refractivity contribution in [3.8, 4) is 0 Å². The highest BCUT2D eigenvalue weighted by molar-refractivity contribution is 5.83. The van der Waals surface area contributed by atoms with Crippen molar-refractivity contribution in [1.82, 2.24) is 9.47 Å². The average molecular weight is 310 g/mol. The van der Waals surface area contributed by atoms with Gasteiger partial charge in [-0.3, -0.25) is 0 Å². The average Bonchev–Trinajstić information content (AvgIpc) is 2.59. The first-order valence-electron chi connectivity index (χ1n) is 7.87. The Labute approximate surface area is 136 Å². The number of ether oxygens (including phenoxy) is 1. The summed E-state index contributed by atoms with van der Waals surface area (Å²) in [5, 5.41) is 0. The third-order valence-corrected chi connectivity index (χ3v) is 3.80. The summed E-state index contributed by atoms with van der Waals surface area (Å²) in [6, 6.07) is 14.2. The number of aliphatic imine (C=N–C) groups is 1. The topological polar surface area (TPSA) is 42.1 Å². The maximum Gasteiger partial charge on any atom is 0.228 e. The molecule has 1 aliphatic rings. The van der Waals surface area contributed by atoms with Gasteiger partial charge in [0.2, 0.25) is 5.96 Å². The summed E-state index contributed by atoms with van der Waals surface area (Å²) >= 11 is 0. The van der Waals surface area contributed by atoms with Crippen LogP contribution in [-0.4, -0.2) is 41.7 Å². The van der Waals surface area contributed by atoms with E-state index in [1.165, 1.54) is 5.56 Å². The third kappa shape index (κ3) is 4.07. The molecule has 1 saturated heterocycles. The van der Waals surface area contributed by atoms with Gasteiger partial charge in [0.25, 0.3) is 0 Å². The molecule has 0 aliphatic carbocycles. The Morgan fingerprint density at radius 1 is 1.04 bits per heavy atom. The van der Waals surface area contributed by atoms with E-state index in [0.29, 0.717) is 13.2 Å². The molecule has 0 spiro atoms. The number of aromatic nitrogens is 1. The molecule has 120 valence electrons. The molecule has 2 aromatic rings. The van der Waals surface area contributed by atoms with Gasteiger partial charge in [0.1, 0.15) is 5.49 Å². The minimum absolute atomic E-state index is 0.712. The monoisotopic (exact) mass is 310 g/mol. The summed E-state index contributed by atoms with van der Waals surface area (Å²) in [4.78, 5) is 11.7. The van der Waals surface area contributed by atoms with Crippen molar-refractivity contribution in [2.75, 3.05) is 26.3 Å². The first-order chi connectivity index (χ1) is 11.2. The second kappa shape index (κ2) is 7.24. The van der Waals surface area contributed by atoms with Crippen LogP contribution < -0.4 is 5.49 Å². The fourth-order valence-electron chi connectivity index (χ4n) is 2.40. The normalized spacial score (nSPS) is 16.7. The summed E-state index contributed by atoms with van der Waals surface area (Å²) in [6.45, 7) is 5.12. The van der Waals surface area contributed by atoms with Crippen LogP contribution in [0.2, 0.25) is 0 Å². The SMILES string of the molecule is Cc1ccc(N=C(N=c2ccccn2C)N2CCOCC2)cc1. The van der Waals surface area contributed by atoms with Crippen LogP contribution in [0.15, 0.2) is 58.6 Å². The molecule has 1 aliphatic heterocycles. The van der Waals surface area contributed by atoms with E-state index >= 15 is 0 Å². The fraction of sp³-hybridized carbons (Fsp3) is 0.333. The zero-order valence-electron chi connectivity index (χ0n) is 13.6. The van der Waals surface area contributed by atoms with E-state index in [4.69, 9.17) is 14.7 Å². The Hall–Kier alpha value is -2.40. The molecule has 5 nitrogen and oxygen atoms in total. The lowest BCUT2D eigenvalue weighted by molar-refractivity contribution is 0.0675. The van der Waals surface area contributed by atoms with Gasteiger partial charge < -0.3 is 14.2 Å². The van der Waals surface area contributed by atoms with Crippen LogP contribution in [0.25, 0.3) is 0 Å². The van der Waals surface area contributed by atoms with Gasteiger partial charge in [0.05, 0.1) is 18.9 Å². The van der Waals surface area contributed by atoms with E-state index in [1.807, 2.05) is 48.1 Å². The largest absolute Gasteiger partial charge is 0.378 e.